The molecule has 0 spiro atoms. The van der Waals surface area contributed by atoms with Crippen molar-refractivity contribution in [3.8, 4) is 0 Å². The van der Waals surface area contributed by atoms with Gasteiger partial charge in [0.2, 0.25) is 0 Å². The van der Waals surface area contributed by atoms with Gasteiger partial charge in [0, 0.05) is 31.3 Å². The minimum absolute atomic E-state index is 0.997. The minimum Gasteiger partial charge on any atom is -0.358 e. The molecular weight excluding hydrogens is 254 g/mol. The second-order valence-electron chi connectivity index (χ2n) is 3.64. The highest BCUT2D eigenvalue weighted by Gasteiger charge is 2.05. The third kappa shape index (κ3) is 4.16. The second-order valence-corrected chi connectivity index (χ2v) is 4.43. The average Bonchev–Trinajstić information content (AvgIpc) is 2.25. The summed E-state index contributed by atoms with van der Waals surface area (Å²) in [6.45, 7) is 3.05. The normalized spacial score (nSPS) is 10.3. The third-order valence-corrected chi connectivity index (χ3v) is 2.90. The molecule has 1 heterocycles. The second kappa shape index (κ2) is 6.77. The highest BCUT2D eigenvalue weighted by molar-refractivity contribution is 9.09. The summed E-state index contributed by atoms with van der Waals surface area (Å²) in [5, 5.41) is 1.10. The van der Waals surface area contributed by atoms with Crippen molar-refractivity contribution in [1.82, 2.24) is 9.97 Å². The van der Waals surface area contributed by atoms with E-state index >= 15 is 0 Å². The van der Waals surface area contributed by atoms with Crippen LogP contribution in [0.4, 0.5) is 5.82 Å². The van der Waals surface area contributed by atoms with Crippen LogP contribution in [0.25, 0.3) is 0 Å². The van der Waals surface area contributed by atoms with E-state index < -0.39 is 0 Å². The molecule has 1 aromatic rings. The molecule has 1 aromatic heterocycles. The number of anilines is 1. The van der Waals surface area contributed by atoms with Gasteiger partial charge in [-0.25, -0.2) is 4.98 Å². The number of halogens is 1. The Balaban J connectivity index is 2.40. The van der Waals surface area contributed by atoms with Crippen LogP contribution in [0.1, 0.15) is 25.0 Å². The summed E-state index contributed by atoms with van der Waals surface area (Å²) >= 11 is 3.44. The molecule has 3 nitrogen and oxygen atoms in total. The minimum atomic E-state index is 0.997. The van der Waals surface area contributed by atoms with Crippen LogP contribution in [0.3, 0.4) is 0 Å². The van der Waals surface area contributed by atoms with Crippen molar-refractivity contribution in [2.45, 2.75) is 26.2 Å². The highest BCUT2D eigenvalue weighted by Crippen LogP contribution is 2.12. The molecule has 0 aliphatic carbocycles. The summed E-state index contributed by atoms with van der Waals surface area (Å²) in [6.07, 6.45) is 7.19. The Morgan fingerprint density at radius 1 is 1.20 bits per heavy atom. The molecule has 0 N–H and O–H groups in total. The lowest BCUT2D eigenvalue weighted by Gasteiger charge is -2.18. The maximum atomic E-state index is 4.33. The van der Waals surface area contributed by atoms with E-state index in [0.717, 1.165) is 23.4 Å². The van der Waals surface area contributed by atoms with Crippen LogP contribution in [-0.2, 0) is 0 Å². The van der Waals surface area contributed by atoms with Crippen LogP contribution in [0.15, 0.2) is 12.4 Å². The summed E-state index contributed by atoms with van der Waals surface area (Å²) in [7, 11) is 2.07. The first kappa shape index (κ1) is 12.4. The Morgan fingerprint density at radius 2 is 1.93 bits per heavy atom. The van der Waals surface area contributed by atoms with Gasteiger partial charge in [0.25, 0.3) is 0 Å². The van der Waals surface area contributed by atoms with E-state index in [0.29, 0.717) is 0 Å². The molecule has 0 aromatic carbocycles. The number of unbranched alkanes of at least 4 members (excludes halogenated alkanes) is 2. The predicted molar refractivity (Wildman–Crippen MR) is 67.7 cm³/mol. The fourth-order valence-electron chi connectivity index (χ4n) is 1.50. The molecule has 0 radical (unpaired) electrons. The van der Waals surface area contributed by atoms with Gasteiger partial charge in [-0.1, -0.05) is 22.4 Å². The van der Waals surface area contributed by atoms with Crippen molar-refractivity contribution >= 4 is 21.7 Å². The molecule has 0 amide bonds. The molecule has 0 aliphatic rings. The van der Waals surface area contributed by atoms with Crippen molar-refractivity contribution in [1.29, 1.82) is 0 Å². The van der Waals surface area contributed by atoms with Gasteiger partial charge in [-0.15, -0.1) is 0 Å². The van der Waals surface area contributed by atoms with Crippen LogP contribution in [-0.4, -0.2) is 28.9 Å². The van der Waals surface area contributed by atoms with Gasteiger partial charge >= 0.3 is 0 Å². The molecule has 4 heteroatoms. The standard InChI is InChI=1S/C11H18BrN3/c1-10-11(14-8-7-13-10)15(2)9-5-3-4-6-12/h7-8H,3-6,9H2,1-2H3. The number of nitrogens with zero attached hydrogens (tertiary/aromatic N) is 3. The number of rotatable bonds is 6. The van der Waals surface area contributed by atoms with Gasteiger partial charge < -0.3 is 4.90 Å². The Morgan fingerprint density at radius 3 is 2.60 bits per heavy atom. The smallest absolute Gasteiger partial charge is 0.149 e. The van der Waals surface area contributed by atoms with Gasteiger partial charge in [0.1, 0.15) is 5.82 Å². The van der Waals surface area contributed by atoms with E-state index in [9.17, 15) is 0 Å². The van der Waals surface area contributed by atoms with Crippen molar-refractivity contribution in [3.05, 3.63) is 18.1 Å². The molecule has 0 unspecified atom stereocenters. The molecule has 15 heavy (non-hydrogen) atoms. The molecule has 84 valence electrons. The van der Waals surface area contributed by atoms with Crippen LogP contribution in [0, 0.1) is 6.92 Å². The maximum Gasteiger partial charge on any atom is 0.149 e. The van der Waals surface area contributed by atoms with E-state index in [2.05, 4.69) is 37.8 Å². The molecular formula is C11H18BrN3. The highest BCUT2D eigenvalue weighted by atomic mass is 79.9. The molecule has 0 aliphatic heterocycles. The topological polar surface area (TPSA) is 29.0 Å². The third-order valence-electron chi connectivity index (χ3n) is 2.34. The summed E-state index contributed by atoms with van der Waals surface area (Å²) in [5.41, 5.74) is 1.00. The van der Waals surface area contributed by atoms with Crippen molar-refractivity contribution in [3.63, 3.8) is 0 Å². The lowest BCUT2D eigenvalue weighted by molar-refractivity contribution is 0.704. The molecule has 0 atom stereocenters. The molecule has 0 saturated heterocycles. The Kier molecular flexibility index (Phi) is 5.61. The summed E-state index contributed by atoms with van der Waals surface area (Å²) in [5.74, 6) is 0.997. The SMILES string of the molecule is Cc1nccnc1N(C)CCCCCBr. The van der Waals surface area contributed by atoms with E-state index in [-0.39, 0.29) is 0 Å². The zero-order chi connectivity index (χ0) is 11.1. The van der Waals surface area contributed by atoms with Gasteiger partial charge in [0.05, 0.1) is 5.69 Å². The van der Waals surface area contributed by atoms with E-state index in [1.165, 1.54) is 19.3 Å². The van der Waals surface area contributed by atoms with Gasteiger partial charge in [-0.2, -0.15) is 0 Å². The summed E-state index contributed by atoms with van der Waals surface area (Å²) in [4.78, 5) is 10.7. The zero-order valence-electron chi connectivity index (χ0n) is 9.41. The lowest BCUT2D eigenvalue weighted by atomic mass is 10.2. The summed E-state index contributed by atoms with van der Waals surface area (Å²) < 4.78 is 0. The van der Waals surface area contributed by atoms with Gasteiger partial charge in [-0.3, -0.25) is 4.98 Å². The fraction of sp³-hybridized carbons (Fsp3) is 0.636. The Bertz CT molecular complexity index is 291. The Hall–Kier alpha value is -0.640. The molecule has 0 fully saturated rings. The van der Waals surface area contributed by atoms with E-state index in [4.69, 9.17) is 0 Å². The molecule has 0 bridgehead atoms. The summed E-state index contributed by atoms with van der Waals surface area (Å²) in [6, 6.07) is 0. The quantitative estimate of drug-likeness (QED) is 0.589. The van der Waals surface area contributed by atoms with Gasteiger partial charge in [0.15, 0.2) is 0 Å². The number of aryl methyl sites for hydroxylation is 1. The van der Waals surface area contributed by atoms with Crippen molar-refractivity contribution < 1.29 is 0 Å². The van der Waals surface area contributed by atoms with E-state index in [1.54, 1.807) is 12.4 Å². The number of hydrogen-bond acceptors (Lipinski definition) is 3. The van der Waals surface area contributed by atoms with Crippen LogP contribution >= 0.6 is 15.9 Å². The average molecular weight is 272 g/mol. The monoisotopic (exact) mass is 271 g/mol. The fourth-order valence-corrected chi connectivity index (χ4v) is 1.90. The Labute approximate surface area is 100 Å². The lowest BCUT2D eigenvalue weighted by Crippen LogP contribution is -2.21. The largest absolute Gasteiger partial charge is 0.358 e. The van der Waals surface area contributed by atoms with Crippen LogP contribution < -0.4 is 4.90 Å². The van der Waals surface area contributed by atoms with Crippen LogP contribution in [0.2, 0.25) is 0 Å². The molecule has 1 rings (SSSR count). The van der Waals surface area contributed by atoms with E-state index in [1.807, 2.05) is 6.92 Å². The van der Waals surface area contributed by atoms with Crippen molar-refractivity contribution in [2.24, 2.45) is 0 Å². The number of alkyl halides is 1. The zero-order valence-corrected chi connectivity index (χ0v) is 11.0. The van der Waals surface area contributed by atoms with Gasteiger partial charge in [-0.05, 0) is 19.8 Å². The van der Waals surface area contributed by atoms with Crippen LogP contribution in [0.5, 0.6) is 0 Å². The number of aromatic nitrogens is 2. The first-order valence-corrected chi connectivity index (χ1v) is 6.42. The predicted octanol–water partition coefficient (Wildman–Crippen LogP) is 2.79. The van der Waals surface area contributed by atoms with Crippen molar-refractivity contribution in [2.75, 3.05) is 23.8 Å². The first-order valence-electron chi connectivity index (χ1n) is 5.30. The number of hydrogen-bond donors (Lipinski definition) is 0. The maximum absolute atomic E-state index is 4.33. The molecule has 0 saturated carbocycles. The first-order chi connectivity index (χ1) is 7.25.